The van der Waals surface area contributed by atoms with E-state index in [1.165, 1.54) is 18.3 Å². The number of carboxylic acid groups (broad SMARTS) is 1. The van der Waals surface area contributed by atoms with Crippen LogP contribution in [0.3, 0.4) is 0 Å². The average molecular weight is 368 g/mol. The van der Waals surface area contributed by atoms with Crippen molar-refractivity contribution in [3.8, 4) is 11.1 Å². The molecule has 6 nitrogen and oxygen atoms in total. The molecule has 0 radical (unpaired) electrons. The van der Waals surface area contributed by atoms with Gasteiger partial charge in [0.15, 0.2) is 0 Å². The smallest absolute Gasteiger partial charge is 0.409 e. The zero-order valence-corrected chi connectivity index (χ0v) is 14.2. The Morgan fingerprint density at radius 2 is 1.65 bits per heavy atom. The first-order valence-electron chi connectivity index (χ1n) is 7.65. The summed E-state index contributed by atoms with van der Waals surface area (Å²) in [5.41, 5.74) is 2.70. The molecule has 1 aromatic heterocycles. The minimum absolute atomic E-state index is 0.271. The second kappa shape index (κ2) is 7.67. The first-order chi connectivity index (χ1) is 12.5. The van der Waals surface area contributed by atoms with Crippen LogP contribution >= 0.6 is 11.6 Å². The lowest BCUT2D eigenvalue weighted by Crippen LogP contribution is -2.15. The first kappa shape index (κ1) is 17.4. The van der Waals surface area contributed by atoms with Crippen molar-refractivity contribution in [2.45, 2.75) is 0 Å². The van der Waals surface area contributed by atoms with E-state index in [1.54, 1.807) is 18.2 Å². The topological polar surface area (TPSA) is 91.3 Å². The quantitative estimate of drug-likeness (QED) is 0.580. The Balaban J connectivity index is 1.95. The van der Waals surface area contributed by atoms with E-state index >= 15 is 0 Å². The van der Waals surface area contributed by atoms with Gasteiger partial charge >= 0.3 is 6.09 Å². The molecule has 0 fully saturated rings. The van der Waals surface area contributed by atoms with Crippen LogP contribution in [0.5, 0.6) is 0 Å². The average Bonchev–Trinajstić information content (AvgIpc) is 2.64. The third-order valence-corrected chi connectivity index (χ3v) is 3.83. The molecule has 7 heteroatoms. The van der Waals surface area contributed by atoms with Crippen LogP contribution in [0, 0.1) is 0 Å². The summed E-state index contributed by atoms with van der Waals surface area (Å²) in [5, 5.41) is 14.3. The Morgan fingerprint density at radius 3 is 2.31 bits per heavy atom. The Labute approximate surface area is 154 Å². The molecule has 0 aliphatic rings. The van der Waals surface area contributed by atoms with Crippen LogP contribution in [-0.2, 0) is 0 Å². The predicted octanol–water partition coefficient (Wildman–Crippen LogP) is 4.74. The van der Waals surface area contributed by atoms with E-state index in [9.17, 15) is 9.59 Å². The Morgan fingerprint density at radius 1 is 0.885 bits per heavy atom. The highest BCUT2D eigenvalue weighted by Gasteiger charge is 2.13. The van der Waals surface area contributed by atoms with Crippen molar-refractivity contribution in [1.82, 2.24) is 4.98 Å². The molecule has 0 aliphatic heterocycles. The Bertz CT molecular complexity index is 944. The molecule has 0 aliphatic carbocycles. The number of amides is 2. The minimum Gasteiger partial charge on any atom is -0.465 e. The first-order valence-corrected chi connectivity index (χ1v) is 8.03. The van der Waals surface area contributed by atoms with Gasteiger partial charge in [-0.2, -0.15) is 0 Å². The van der Waals surface area contributed by atoms with Crippen LogP contribution in [0.15, 0.2) is 66.9 Å². The van der Waals surface area contributed by atoms with Crippen molar-refractivity contribution in [3.63, 3.8) is 0 Å². The van der Waals surface area contributed by atoms with Gasteiger partial charge in [0.05, 0.1) is 16.9 Å². The molecular weight excluding hydrogens is 354 g/mol. The van der Waals surface area contributed by atoms with Crippen LogP contribution in [0.25, 0.3) is 11.1 Å². The Kier molecular flexibility index (Phi) is 5.15. The fourth-order valence-electron chi connectivity index (χ4n) is 2.39. The summed E-state index contributed by atoms with van der Waals surface area (Å²) in [6.45, 7) is 0. The number of benzene rings is 2. The summed E-state index contributed by atoms with van der Waals surface area (Å²) in [5.74, 6) is -0.423. The highest BCUT2D eigenvalue weighted by molar-refractivity contribution is 6.29. The van der Waals surface area contributed by atoms with Crippen LogP contribution in [0.2, 0.25) is 5.15 Å². The number of anilines is 2. The lowest BCUT2D eigenvalue weighted by atomic mass is 10.0. The van der Waals surface area contributed by atoms with Gasteiger partial charge < -0.3 is 10.4 Å². The van der Waals surface area contributed by atoms with E-state index in [-0.39, 0.29) is 10.8 Å². The van der Waals surface area contributed by atoms with E-state index in [0.29, 0.717) is 11.3 Å². The molecule has 3 rings (SSSR count). The van der Waals surface area contributed by atoms with Gasteiger partial charge in [0, 0.05) is 6.20 Å². The van der Waals surface area contributed by atoms with Gasteiger partial charge in [0.1, 0.15) is 5.15 Å². The lowest BCUT2D eigenvalue weighted by molar-refractivity contribution is 0.102. The fourth-order valence-corrected chi connectivity index (χ4v) is 2.50. The molecule has 2 amide bonds. The SMILES string of the molecule is O=C(O)Nc1ccc(-c2ccccc2)cc1NC(=O)c1ccc(Cl)nc1. The van der Waals surface area contributed by atoms with Crippen LogP contribution in [0.1, 0.15) is 10.4 Å². The van der Waals surface area contributed by atoms with Crippen molar-refractivity contribution in [2.24, 2.45) is 0 Å². The van der Waals surface area contributed by atoms with Crippen molar-refractivity contribution < 1.29 is 14.7 Å². The van der Waals surface area contributed by atoms with Gasteiger partial charge in [-0.25, -0.2) is 9.78 Å². The molecule has 3 aromatic rings. The number of hydrogen-bond donors (Lipinski definition) is 3. The summed E-state index contributed by atoms with van der Waals surface area (Å²) in [6.07, 6.45) is 0.129. The van der Waals surface area contributed by atoms with Gasteiger partial charge in [0.25, 0.3) is 5.91 Å². The number of nitrogens with zero attached hydrogens (tertiary/aromatic N) is 1. The molecule has 0 saturated heterocycles. The van der Waals surface area contributed by atoms with E-state index in [2.05, 4.69) is 15.6 Å². The number of aromatic nitrogens is 1. The van der Waals surface area contributed by atoms with E-state index in [0.717, 1.165) is 11.1 Å². The number of rotatable bonds is 4. The van der Waals surface area contributed by atoms with Crippen LogP contribution < -0.4 is 10.6 Å². The van der Waals surface area contributed by atoms with E-state index < -0.39 is 12.0 Å². The standard InChI is InChI=1S/C19H14ClN3O3/c20-17-9-7-14(11-21-17)18(24)22-16-10-13(12-4-2-1-3-5-12)6-8-15(16)23-19(25)26/h1-11,23H,(H,22,24)(H,25,26). The highest BCUT2D eigenvalue weighted by Crippen LogP contribution is 2.29. The molecule has 1 heterocycles. The van der Waals surface area contributed by atoms with Crippen molar-refractivity contribution in [3.05, 3.63) is 77.6 Å². The molecule has 0 saturated carbocycles. The largest absolute Gasteiger partial charge is 0.465 e. The predicted molar refractivity (Wildman–Crippen MR) is 101 cm³/mol. The zero-order valence-electron chi connectivity index (χ0n) is 13.4. The summed E-state index contributed by atoms with van der Waals surface area (Å²) < 4.78 is 0. The fraction of sp³-hybridized carbons (Fsp3) is 0. The number of hydrogen-bond acceptors (Lipinski definition) is 3. The summed E-state index contributed by atoms with van der Waals surface area (Å²) in [7, 11) is 0. The number of carbonyl (C=O) groups is 2. The monoisotopic (exact) mass is 367 g/mol. The highest BCUT2D eigenvalue weighted by atomic mass is 35.5. The van der Waals surface area contributed by atoms with Crippen molar-refractivity contribution in [1.29, 1.82) is 0 Å². The van der Waals surface area contributed by atoms with Gasteiger partial charge in [-0.15, -0.1) is 0 Å². The number of carbonyl (C=O) groups excluding carboxylic acids is 1. The third kappa shape index (κ3) is 4.17. The molecule has 0 bridgehead atoms. The van der Waals surface area contributed by atoms with Crippen molar-refractivity contribution >= 4 is 35.0 Å². The van der Waals surface area contributed by atoms with Gasteiger partial charge in [-0.3, -0.25) is 10.1 Å². The van der Waals surface area contributed by atoms with E-state index in [1.807, 2.05) is 30.3 Å². The van der Waals surface area contributed by atoms with Crippen LogP contribution in [0.4, 0.5) is 16.2 Å². The molecular formula is C19H14ClN3O3. The second-order valence-electron chi connectivity index (χ2n) is 5.38. The molecule has 130 valence electrons. The number of pyridine rings is 1. The second-order valence-corrected chi connectivity index (χ2v) is 5.77. The zero-order chi connectivity index (χ0) is 18.5. The summed E-state index contributed by atoms with van der Waals surface area (Å²) in [4.78, 5) is 27.3. The normalized spacial score (nSPS) is 10.2. The van der Waals surface area contributed by atoms with Crippen molar-refractivity contribution in [2.75, 3.05) is 10.6 Å². The minimum atomic E-state index is -1.22. The third-order valence-electron chi connectivity index (χ3n) is 3.61. The molecule has 3 N–H and O–H groups in total. The maximum atomic E-state index is 12.4. The van der Waals surface area contributed by atoms with Crippen LogP contribution in [-0.4, -0.2) is 22.1 Å². The molecule has 2 aromatic carbocycles. The van der Waals surface area contributed by atoms with Gasteiger partial charge in [-0.1, -0.05) is 48.0 Å². The molecule has 0 spiro atoms. The molecule has 26 heavy (non-hydrogen) atoms. The molecule has 0 atom stereocenters. The summed E-state index contributed by atoms with van der Waals surface area (Å²) in [6, 6.07) is 17.7. The number of nitrogens with one attached hydrogen (secondary N) is 2. The van der Waals surface area contributed by atoms with Gasteiger partial charge in [0.2, 0.25) is 0 Å². The molecule has 0 unspecified atom stereocenters. The summed E-state index contributed by atoms with van der Waals surface area (Å²) >= 11 is 5.73. The maximum absolute atomic E-state index is 12.4. The maximum Gasteiger partial charge on any atom is 0.409 e. The van der Waals surface area contributed by atoms with Gasteiger partial charge in [-0.05, 0) is 35.4 Å². The number of halogens is 1. The van der Waals surface area contributed by atoms with E-state index in [4.69, 9.17) is 16.7 Å². The lowest BCUT2D eigenvalue weighted by Gasteiger charge is -2.13. The Hall–Kier alpha value is -3.38.